The van der Waals surface area contributed by atoms with Crippen LogP contribution >= 0.6 is 0 Å². The number of H-pyrrole nitrogens is 2. The second-order valence-corrected chi connectivity index (χ2v) is 7.57. The number of aryl methyl sites for hydroxylation is 1. The third-order valence-corrected chi connectivity index (χ3v) is 5.39. The minimum absolute atomic E-state index is 0.172. The van der Waals surface area contributed by atoms with E-state index in [0.29, 0.717) is 25.1 Å². The predicted octanol–water partition coefficient (Wildman–Crippen LogP) is 3.16. The van der Waals surface area contributed by atoms with E-state index in [0.717, 1.165) is 29.1 Å². The Bertz CT molecular complexity index is 1120. The van der Waals surface area contributed by atoms with Gasteiger partial charge in [-0.2, -0.15) is 5.10 Å². The van der Waals surface area contributed by atoms with E-state index in [1.807, 2.05) is 13.0 Å². The van der Waals surface area contributed by atoms with Crippen molar-refractivity contribution in [1.82, 2.24) is 20.1 Å². The third kappa shape index (κ3) is 4.32. The molecule has 4 rings (SSSR count). The first-order chi connectivity index (χ1) is 14.8. The van der Waals surface area contributed by atoms with E-state index < -0.39 is 29.3 Å². The summed E-state index contributed by atoms with van der Waals surface area (Å²) in [6.07, 6.45) is 2.75. The first-order valence-corrected chi connectivity index (χ1v) is 9.73. The summed E-state index contributed by atoms with van der Waals surface area (Å²) in [4.78, 5) is 29.9. The molecular formula is C21H20F3N5O2. The molecule has 31 heavy (non-hydrogen) atoms. The minimum atomic E-state index is -1.59. The molecule has 0 spiro atoms. The van der Waals surface area contributed by atoms with Gasteiger partial charge in [0, 0.05) is 48.7 Å². The summed E-state index contributed by atoms with van der Waals surface area (Å²) in [5, 5.41) is 9.23. The second-order valence-electron chi connectivity index (χ2n) is 7.57. The van der Waals surface area contributed by atoms with E-state index >= 15 is 0 Å². The van der Waals surface area contributed by atoms with Crippen LogP contribution in [0.25, 0.3) is 0 Å². The number of aromatic amines is 2. The molecular weight excluding hydrogens is 411 g/mol. The molecule has 2 aromatic heterocycles. The molecule has 3 heterocycles. The number of carbonyl (C=O) groups is 2. The van der Waals surface area contributed by atoms with Crippen LogP contribution in [-0.2, 0) is 11.2 Å². The normalized spacial score (nSPS) is 16.0. The topological polar surface area (TPSA) is 93.9 Å². The zero-order valence-corrected chi connectivity index (χ0v) is 16.6. The van der Waals surface area contributed by atoms with Crippen LogP contribution in [-0.4, -0.2) is 45.0 Å². The third-order valence-electron chi connectivity index (χ3n) is 5.39. The molecule has 3 aromatic rings. The molecule has 0 aliphatic carbocycles. The summed E-state index contributed by atoms with van der Waals surface area (Å²) in [5.74, 6) is -5.61. The van der Waals surface area contributed by atoms with Gasteiger partial charge in [-0.15, -0.1) is 0 Å². The standard InChI is InChI=1S/C21H20F3N5O2/c1-11-13(9-25-28-11)6-14-2-3-18(26-14)21(31)29-5-4-12(10-29)20(30)27-15-7-16(22)19(24)17(23)8-15/h2-3,7-9,12,26H,4-6,10H2,1H3,(H,25,28)(H,27,30). The molecule has 1 atom stereocenters. The molecule has 0 radical (unpaired) electrons. The van der Waals surface area contributed by atoms with Gasteiger partial charge in [-0.3, -0.25) is 14.7 Å². The largest absolute Gasteiger partial charge is 0.354 e. The first-order valence-electron chi connectivity index (χ1n) is 9.73. The summed E-state index contributed by atoms with van der Waals surface area (Å²) >= 11 is 0. The van der Waals surface area contributed by atoms with E-state index in [-0.39, 0.29) is 18.1 Å². The Balaban J connectivity index is 1.37. The number of carbonyl (C=O) groups excluding carboxylic acids is 2. The van der Waals surface area contributed by atoms with Crippen LogP contribution in [0.5, 0.6) is 0 Å². The van der Waals surface area contributed by atoms with Crippen molar-refractivity contribution in [3.63, 3.8) is 0 Å². The lowest BCUT2D eigenvalue weighted by atomic mass is 10.1. The minimum Gasteiger partial charge on any atom is -0.354 e. The van der Waals surface area contributed by atoms with Gasteiger partial charge in [0.15, 0.2) is 17.5 Å². The van der Waals surface area contributed by atoms with Gasteiger partial charge in [0.2, 0.25) is 5.91 Å². The highest BCUT2D eigenvalue weighted by Gasteiger charge is 2.32. The van der Waals surface area contributed by atoms with Crippen molar-refractivity contribution in [2.75, 3.05) is 18.4 Å². The number of anilines is 1. The summed E-state index contributed by atoms with van der Waals surface area (Å²) in [6.45, 7) is 2.46. The van der Waals surface area contributed by atoms with E-state index in [1.165, 1.54) is 0 Å². The van der Waals surface area contributed by atoms with Crippen LogP contribution in [0.4, 0.5) is 18.9 Å². The SMILES string of the molecule is Cc1[nH]ncc1Cc1ccc(C(=O)N2CCC(C(=O)Nc3cc(F)c(F)c(F)c3)C2)[nH]1. The molecule has 0 saturated carbocycles. The van der Waals surface area contributed by atoms with Gasteiger partial charge in [0.1, 0.15) is 5.69 Å². The molecule has 3 N–H and O–H groups in total. The summed E-state index contributed by atoms with van der Waals surface area (Å²) in [6, 6.07) is 4.97. The monoisotopic (exact) mass is 431 g/mol. The van der Waals surface area contributed by atoms with E-state index in [1.54, 1.807) is 17.2 Å². The molecule has 1 aliphatic heterocycles. The van der Waals surface area contributed by atoms with Gasteiger partial charge in [-0.05, 0) is 31.0 Å². The number of benzene rings is 1. The van der Waals surface area contributed by atoms with Crippen molar-refractivity contribution < 1.29 is 22.8 Å². The molecule has 1 aromatic carbocycles. The maximum atomic E-state index is 13.3. The number of nitrogens with one attached hydrogen (secondary N) is 3. The van der Waals surface area contributed by atoms with Gasteiger partial charge < -0.3 is 15.2 Å². The van der Waals surface area contributed by atoms with E-state index in [4.69, 9.17) is 0 Å². The number of nitrogens with zero attached hydrogens (tertiary/aromatic N) is 2. The lowest BCUT2D eigenvalue weighted by Crippen LogP contribution is -2.31. The van der Waals surface area contributed by atoms with Crippen molar-refractivity contribution in [3.8, 4) is 0 Å². The zero-order valence-electron chi connectivity index (χ0n) is 16.6. The van der Waals surface area contributed by atoms with Crippen LogP contribution < -0.4 is 5.32 Å². The van der Waals surface area contributed by atoms with Crippen molar-refractivity contribution >= 4 is 17.5 Å². The zero-order chi connectivity index (χ0) is 22.1. The van der Waals surface area contributed by atoms with Crippen molar-refractivity contribution in [1.29, 1.82) is 0 Å². The van der Waals surface area contributed by atoms with Crippen LogP contribution in [0.1, 0.15) is 33.9 Å². The Morgan fingerprint density at radius 3 is 2.65 bits per heavy atom. The quantitative estimate of drug-likeness (QED) is 0.542. The molecule has 0 bridgehead atoms. The van der Waals surface area contributed by atoms with Crippen LogP contribution in [0.15, 0.2) is 30.5 Å². The molecule has 7 nitrogen and oxygen atoms in total. The average molecular weight is 431 g/mol. The number of hydrogen-bond acceptors (Lipinski definition) is 3. The number of halogens is 3. The highest BCUT2D eigenvalue weighted by molar-refractivity contribution is 5.96. The smallest absolute Gasteiger partial charge is 0.270 e. The maximum Gasteiger partial charge on any atom is 0.270 e. The molecule has 1 aliphatic rings. The van der Waals surface area contributed by atoms with Crippen molar-refractivity contribution in [2.45, 2.75) is 19.8 Å². The Morgan fingerprint density at radius 1 is 1.23 bits per heavy atom. The summed E-state index contributed by atoms with van der Waals surface area (Å²) in [5.41, 5.74) is 3.08. The van der Waals surface area contributed by atoms with Gasteiger partial charge in [0.25, 0.3) is 5.91 Å². The number of amides is 2. The molecule has 1 fully saturated rings. The number of aromatic nitrogens is 3. The Labute approximate surface area is 175 Å². The number of rotatable bonds is 5. The highest BCUT2D eigenvalue weighted by atomic mass is 19.2. The average Bonchev–Trinajstić information content (AvgIpc) is 3.48. The van der Waals surface area contributed by atoms with Gasteiger partial charge >= 0.3 is 0 Å². The summed E-state index contributed by atoms with van der Waals surface area (Å²) in [7, 11) is 0. The fourth-order valence-electron chi connectivity index (χ4n) is 3.63. The molecule has 162 valence electrons. The Morgan fingerprint density at radius 2 is 1.97 bits per heavy atom. The first kappa shape index (κ1) is 20.7. The lowest BCUT2D eigenvalue weighted by Gasteiger charge is -2.16. The molecule has 1 unspecified atom stereocenters. The van der Waals surface area contributed by atoms with Crippen LogP contribution in [0, 0.1) is 30.3 Å². The van der Waals surface area contributed by atoms with Crippen molar-refractivity contribution in [3.05, 3.63) is 70.6 Å². The Kier molecular flexibility index (Phi) is 5.53. The van der Waals surface area contributed by atoms with Gasteiger partial charge in [-0.1, -0.05) is 0 Å². The molecule has 10 heteroatoms. The molecule has 2 amide bonds. The van der Waals surface area contributed by atoms with Crippen molar-refractivity contribution in [2.24, 2.45) is 5.92 Å². The number of likely N-dealkylation sites (tertiary alicyclic amines) is 1. The van der Waals surface area contributed by atoms with Crippen LogP contribution in [0.3, 0.4) is 0 Å². The maximum absolute atomic E-state index is 13.3. The predicted molar refractivity (Wildman–Crippen MR) is 106 cm³/mol. The van der Waals surface area contributed by atoms with E-state index in [9.17, 15) is 22.8 Å². The van der Waals surface area contributed by atoms with E-state index in [2.05, 4.69) is 20.5 Å². The Hall–Kier alpha value is -3.56. The fourth-order valence-corrected chi connectivity index (χ4v) is 3.63. The highest BCUT2D eigenvalue weighted by Crippen LogP contribution is 2.23. The molecule has 1 saturated heterocycles. The second kappa shape index (κ2) is 8.29. The number of hydrogen-bond donors (Lipinski definition) is 3. The van der Waals surface area contributed by atoms with Gasteiger partial charge in [-0.25, -0.2) is 13.2 Å². The summed E-state index contributed by atoms with van der Waals surface area (Å²) < 4.78 is 39.7. The van der Waals surface area contributed by atoms with Crippen LogP contribution in [0.2, 0.25) is 0 Å². The fraction of sp³-hybridized carbons (Fsp3) is 0.286. The lowest BCUT2D eigenvalue weighted by molar-refractivity contribution is -0.119. The van der Waals surface area contributed by atoms with Gasteiger partial charge in [0.05, 0.1) is 12.1 Å².